The van der Waals surface area contributed by atoms with Gasteiger partial charge in [-0.3, -0.25) is 9.69 Å². The molecule has 2 saturated carbocycles. The normalized spacial score (nSPS) is 37.2. The van der Waals surface area contributed by atoms with Crippen LogP contribution in [0.15, 0.2) is 4.79 Å². The van der Waals surface area contributed by atoms with Crippen molar-refractivity contribution in [3.63, 3.8) is 0 Å². The molecule has 7 rings (SSSR count). The molecular weight excluding hydrogens is 819 g/mol. The Morgan fingerprint density at radius 2 is 1.55 bits per heavy atom. The van der Waals surface area contributed by atoms with Gasteiger partial charge < -0.3 is 92.1 Å². The summed E-state index contributed by atoms with van der Waals surface area (Å²) in [5.41, 5.74) is 30.7. The molecule has 2 aromatic rings. The lowest BCUT2D eigenvalue weighted by Crippen LogP contribution is -2.68. The van der Waals surface area contributed by atoms with Gasteiger partial charge in [0, 0.05) is 61.6 Å². The quantitative estimate of drug-likeness (QED) is 0.0959. The van der Waals surface area contributed by atoms with Crippen LogP contribution in [0, 0.1) is 19.7 Å². The first kappa shape index (κ1) is 46.8. The lowest BCUT2D eigenvalue weighted by Gasteiger charge is -2.48. The van der Waals surface area contributed by atoms with Gasteiger partial charge in [0.05, 0.1) is 55.6 Å². The van der Waals surface area contributed by atoms with Crippen molar-refractivity contribution in [3.8, 4) is 5.75 Å². The van der Waals surface area contributed by atoms with Crippen LogP contribution in [0.2, 0.25) is 0 Å². The third-order valence-electron chi connectivity index (χ3n) is 13.2. The van der Waals surface area contributed by atoms with Crippen molar-refractivity contribution in [2.75, 3.05) is 51.5 Å². The maximum atomic E-state index is 16.5. The number of aromatic nitrogens is 1. The number of methoxy groups -OCH3 is 1. The van der Waals surface area contributed by atoms with E-state index in [1.807, 2.05) is 21.3 Å². The number of pyridine rings is 1. The number of aromatic carboxylic acids is 1. The molecule has 5 aliphatic rings. The molecule has 1 unspecified atom stereocenters. The number of anilines is 1. The summed E-state index contributed by atoms with van der Waals surface area (Å²) in [6.45, 7) is 6.04. The van der Waals surface area contributed by atoms with Gasteiger partial charge in [-0.25, -0.2) is 9.18 Å². The number of carboxylic acids is 1. The Morgan fingerprint density at radius 1 is 0.903 bits per heavy atom. The van der Waals surface area contributed by atoms with Gasteiger partial charge in [0.1, 0.15) is 47.9 Å². The van der Waals surface area contributed by atoms with Crippen LogP contribution in [-0.4, -0.2) is 179 Å². The summed E-state index contributed by atoms with van der Waals surface area (Å²) in [4.78, 5) is 29.6. The highest BCUT2D eigenvalue weighted by Gasteiger charge is 2.50. The van der Waals surface area contributed by atoms with Crippen LogP contribution in [-0.2, 0) is 23.7 Å². The maximum absolute atomic E-state index is 16.5. The second-order valence-electron chi connectivity index (χ2n) is 17.4. The Kier molecular flexibility index (Phi) is 14.1. The Bertz CT molecular complexity index is 2010. The van der Waals surface area contributed by atoms with E-state index in [1.165, 1.54) is 14.0 Å². The van der Waals surface area contributed by atoms with E-state index in [0.717, 1.165) is 12.8 Å². The second-order valence-corrected chi connectivity index (χ2v) is 17.4. The molecule has 0 radical (unpaired) electrons. The van der Waals surface area contributed by atoms with Crippen LogP contribution in [0.4, 0.5) is 10.1 Å². The molecule has 0 spiro atoms. The van der Waals surface area contributed by atoms with Crippen LogP contribution in [0.1, 0.15) is 60.3 Å². The molecule has 4 heterocycles. The SMILES string of the molecule is COc1c(N2CCN(COC[C@H]3O[C@H](O[C@@H]4[C@@H](O)[C@H](O[C@H]5O[C@H](CN)[C@@H](O)C[C@H]5N)[C@@H](N)C[C@H]4N)[C@H](O)[C@@H](N)[C@@H]3O)C(C)C2)c(F)c(C)c2c(=O)c(C(=O)O)c(C)n(C3CC3)c12. The van der Waals surface area contributed by atoms with Crippen molar-refractivity contribution in [1.29, 1.82) is 0 Å². The van der Waals surface area contributed by atoms with Gasteiger partial charge >= 0.3 is 5.97 Å². The number of halogens is 1. The van der Waals surface area contributed by atoms with Gasteiger partial charge in [-0.1, -0.05) is 0 Å². The minimum Gasteiger partial charge on any atom is -0.492 e. The number of fused-ring (bicyclic) bond motifs is 1. The van der Waals surface area contributed by atoms with Gasteiger partial charge in [0.15, 0.2) is 24.1 Å². The Morgan fingerprint density at radius 3 is 2.15 bits per heavy atom. The number of hydrogen-bond donors (Lipinski definition) is 10. The molecule has 15 N–H and O–H groups in total. The van der Waals surface area contributed by atoms with Crippen LogP contribution in [0.3, 0.4) is 0 Å². The standard InChI is InChI=1S/C40H63FN8O13/c1-15-12-47(30-27(41)16(2)25-29(37(30)57-4)49(18-5-6-18)17(3)26(32(25)52)38(55)56)7-8-48(15)14-58-13-24-31(51)28(46)33(53)40(60-24)62-36-20(44)9-19(43)35(34(36)54)61-39-21(45)10-22(50)23(11-42)59-39/h15,18-24,28,31,33-36,39-40,50-51,53-54H,5-14,42-46H2,1-4H3,(H,55,56)/t15?,19-,20+,21+,22-,23+,24+,28-,31+,33+,34-,35+,36-,39+,40+/m0/s1. The Balaban J connectivity index is 0.998. The van der Waals surface area contributed by atoms with Crippen molar-refractivity contribution in [2.24, 2.45) is 28.7 Å². The third kappa shape index (κ3) is 8.68. The highest BCUT2D eigenvalue weighted by atomic mass is 19.1. The van der Waals surface area contributed by atoms with Gasteiger partial charge in [-0.15, -0.1) is 0 Å². The van der Waals surface area contributed by atoms with Crippen LogP contribution < -0.4 is 43.7 Å². The predicted octanol–water partition coefficient (Wildman–Crippen LogP) is -2.99. The Hall–Kier alpha value is -3.17. The summed E-state index contributed by atoms with van der Waals surface area (Å²) < 4.78 is 54.1. The first-order valence-corrected chi connectivity index (χ1v) is 21.2. The monoisotopic (exact) mass is 882 g/mol. The summed E-state index contributed by atoms with van der Waals surface area (Å²) in [5, 5.41) is 53.7. The van der Waals surface area contributed by atoms with E-state index in [-0.39, 0.29) is 72.8 Å². The number of rotatable bonds is 13. The molecule has 15 atom stereocenters. The van der Waals surface area contributed by atoms with E-state index in [9.17, 15) is 35.1 Å². The fourth-order valence-corrected chi connectivity index (χ4v) is 9.48. The molecule has 1 aromatic heterocycles. The largest absolute Gasteiger partial charge is 0.492 e. The lowest BCUT2D eigenvalue weighted by atomic mass is 9.84. The van der Waals surface area contributed by atoms with Crippen LogP contribution in [0.25, 0.3) is 10.9 Å². The topological polar surface area (TPSA) is 332 Å². The molecule has 2 aliphatic carbocycles. The smallest absolute Gasteiger partial charge is 0.341 e. The predicted molar refractivity (Wildman–Crippen MR) is 220 cm³/mol. The number of aliphatic hydroxyl groups excluding tert-OH is 4. The fraction of sp³-hybridized carbons (Fsp3) is 0.750. The zero-order valence-electron chi connectivity index (χ0n) is 35.4. The van der Waals surface area contributed by atoms with E-state index in [2.05, 4.69) is 0 Å². The highest BCUT2D eigenvalue weighted by molar-refractivity contribution is 6.00. The summed E-state index contributed by atoms with van der Waals surface area (Å²) >= 11 is 0. The molecule has 0 amide bonds. The third-order valence-corrected chi connectivity index (χ3v) is 13.2. The second kappa shape index (κ2) is 18.7. The molecule has 0 bridgehead atoms. The van der Waals surface area contributed by atoms with Gasteiger partial charge in [-0.05, 0) is 46.5 Å². The van der Waals surface area contributed by atoms with Gasteiger partial charge in [0.25, 0.3) is 0 Å². The molecule has 62 heavy (non-hydrogen) atoms. The van der Waals surface area contributed by atoms with Crippen LogP contribution >= 0.6 is 0 Å². The zero-order chi connectivity index (χ0) is 45.1. The molecule has 21 nitrogen and oxygen atoms in total. The van der Waals surface area contributed by atoms with Crippen molar-refractivity contribution < 1.29 is 63.1 Å². The van der Waals surface area contributed by atoms with E-state index < -0.39 is 103 Å². The summed E-state index contributed by atoms with van der Waals surface area (Å²) in [5.74, 6) is -1.87. The number of carbonyl (C=O) groups is 1. The number of aliphatic hydroxyl groups is 4. The lowest BCUT2D eigenvalue weighted by molar-refractivity contribution is -0.316. The summed E-state index contributed by atoms with van der Waals surface area (Å²) in [6, 6.07) is -3.79. The zero-order valence-corrected chi connectivity index (χ0v) is 35.4. The van der Waals surface area contributed by atoms with Gasteiger partial charge in [-0.2, -0.15) is 0 Å². The number of piperazine rings is 1. The number of carboxylic acid groups (broad SMARTS) is 1. The molecule has 5 fully saturated rings. The number of nitrogens with two attached hydrogens (primary N) is 5. The highest BCUT2D eigenvalue weighted by Crippen LogP contribution is 2.46. The molecule has 3 saturated heterocycles. The minimum absolute atomic E-state index is 0.0104. The van der Waals surface area contributed by atoms with Crippen molar-refractivity contribution >= 4 is 22.6 Å². The van der Waals surface area contributed by atoms with Crippen molar-refractivity contribution in [1.82, 2.24) is 9.47 Å². The number of nitrogens with zero attached hydrogens (tertiary/aromatic N) is 3. The summed E-state index contributed by atoms with van der Waals surface area (Å²) in [6.07, 6.45) is -9.89. The molecule has 3 aliphatic heterocycles. The van der Waals surface area contributed by atoms with Crippen molar-refractivity contribution in [2.45, 2.75) is 144 Å². The first-order valence-electron chi connectivity index (χ1n) is 21.2. The maximum Gasteiger partial charge on any atom is 0.341 e. The van der Waals surface area contributed by atoms with E-state index in [1.54, 1.807) is 6.92 Å². The summed E-state index contributed by atoms with van der Waals surface area (Å²) in [7, 11) is 1.41. The Labute approximate surface area is 357 Å². The number of hydrogen-bond acceptors (Lipinski definition) is 19. The number of aryl methyl sites for hydroxylation is 1. The first-order chi connectivity index (χ1) is 29.4. The number of benzene rings is 1. The van der Waals surface area contributed by atoms with Crippen LogP contribution in [0.5, 0.6) is 5.75 Å². The average molecular weight is 883 g/mol. The molecular formula is C40H63FN8O13. The molecule has 1 aromatic carbocycles. The van der Waals surface area contributed by atoms with Gasteiger partial charge in [0.2, 0.25) is 5.43 Å². The minimum atomic E-state index is -1.52. The van der Waals surface area contributed by atoms with E-state index in [0.29, 0.717) is 30.8 Å². The van der Waals surface area contributed by atoms with E-state index >= 15 is 4.39 Å². The fourth-order valence-electron chi connectivity index (χ4n) is 9.48. The van der Waals surface area contributed by atoms with Crippen molar-refractivity contribution in [3.05, 3.63) is 32.9 Å². The number of ether oxygens (including phenoxy) is 6. The van der Waals surface area contributed by atoms with E-state index in [4.69, 9.17) is 57.1 Å². The molecule has 348 valence electrons. The average Bonchev–Trinajstić information content (AvgIpc) is 4.06. The molecule has 22 heteroatoms.